The van der Waals surface area contributed by atoms with Gasteiger partial charge in [-0.15, -0.1) is 0 Å². The van der Waals surface area contributed by atoms with E-state index in [-0.39, 0.29) is 0 Å². The van der Waals surface area contributed by atoms with Crippen LogP contribution in [0.4, 0.5) is 0 Å². The fourth-order valence-corrected chi connectivity index (χ4v) is 2.70. The monoisotopic (exact) mass is 360 g/mol. The van der Waals surface area contributed by atoms with E-state index in [1.807, 2.05) is 12.1 Å². The second kappa shape index (κ2) is 13.2. The number of hydrogen-bond acceptors (Lipinski definition) is 4. The Hall–Kier alpha value is -2.10. The Morgan fingerprint density at radius 3 is 1.96 bits per heavy atom. The standard InChI is InChI=1S/C22H32O4/c1-4-5-6-7-8-9-10-11-20-12-14-21(15-13-20)16-17-22(25-18(2)23)26-19(3)24/h12-17,22H,4-11H2,1-3H3. The first-order valence-electron chi connectivity index (χ1n) is 9.63. The smallest absolute Gasteiger partial charge is 0.305 e. The highest BCUT2D eigenvalue weighted by molar-refractivity contribution is 5.68. The van der Waals surface area contributed by atoms with Gasteiger partial charge in [0.2, 0.25) is 0 Å². The maximum atomic E-state index is 11.0. The summed E-state index contributed by atoms with van der Waals surface area (Å²) < 4.78 is 9.88. The topological polar surface area (TPSA) is 52.6 Å². The van der Waals surface area contributed by atoms with Gasteiger partial charge in [0.25, 0.3) is 6.29 Å². The summed E-state index contributed by atoms with van der Waals surface area (Å²) in [6.45, 7) is 4.80. The highest BCUT2D eigenvalue weighted by Crippen LogP contribution is 2.13. The van der Waals surface area contributed by atoms with Gasteiger partial charge in [-0.1, -0.05) is 75.8 Å². The summed E-state index contributed by atoms with van der Waals surface area (Å²) >= 11 is 0. The van der Waals surface area contributed by atoms with Crippen molar-refractivity contribution in [3.05, 3.63) is 41.5 Å². The lowest BCUT2D eigenvalue weighted by molar-refractivity contribution is -0.176. The summed E-state index contributed by atoms with van der Waals surface area (Å²) in [5, 5.41) is 0. The molecule has 0 aliphatic carbocycles. The molecule has 0 heterocycles. The van der Waals surface area contributed by atoms with Gasteiger partial charge in [-0.05, 0) is 30.0 Å². The maximum absolute atomic E-state index is 11.0. The SMILES string of the molecule is CCCCCCCCCc1ccc(C=CC(OC(C)=O)OC(C)=O)cc1. The Balaban J connectivity index is 2.40. The lowest BCUT2D eigenvalue weighted by Gasteiger charge is -2.12. The van der Waals surface area contributed by atoms with Crippen molar-refractivity contribution in [3.8, 4) is 0 Å². The lowest BCUT2D eigenvalue weighted by atomic mass is 10.0. The second-order valence-corrected chi connectivity index (χ2v) is 6.56. The molecule has 144 valence electrons. The van der Waals surface area contributed by atoms with Gasteiger partial charge in [-0.3, -0.25) is 9.59 Å². The Morgan fingerprint density at radius 1 is 0.885 bits per heavy atom. The van der Waals surface area contributed by atoms with Crippen molar-refractivity contribution in [1.82, 2.24) is 0 Å². The van der Waals surface area contributed by atoms with Gasteiger partial charge in [0, 0.05) is 13.8 Å². The van der Waals surface area contributed by atoms with Crippen molar-refractivity contribution >= 4 is 18.0 Å². The van der Waals surface area contributed by atoms with Crippen LogP contribution in [0.1, 0.15) is 76.8 Å². The molecule has 0 aliphatic rings. The number of unbranched alkanes of at least 4 members (excludes halogenated alkanes) is 6. The summed E-state index contributed by atoms with van der Waals surface area (Å²) in [6, 6.07) is 8.27. The number of benzene rings is 1. The van der Waals surface area contributed by atoms with E-state index < -0.39 is 18.2 Å². The zero-order chi connectivity index (χ0) is 19.2. The lowest BCUT2D eigenvalue weighted by Crippen LogP contribution is -2.19. The van der Waals surface area contributed by atoms with Crippen molar-refractivity contribution in [2.75, 3.05) is 0 Å². The summed E-state index contributed by atoms with van der Waals surface area (Å²) in [5.74, 6) is -0.989. The Kier molecular flexibility index (Phi) is 11.1. The van der Waals surface area contributed by atoms with Crippen LogP contribution in [-0.2, 0) is 25.5 Å². The van der Waals surface area contributed by atoms with Crippen molar-refractivity contribution < 1.29 is 19.1 Å². The van der Waals surface area contributed by atoms with Crippen LogP contribution in [0.2, 0.25) is 0 Å². The number of aryl methyl sites for hydroxylation is 1. The fraction of sp³-hybridized carbons (Fsp3) is 0.545. The first kappa shape index (κ1) is 21.9. The van der Waals surface area contributed by atoms with Gasteiger partial charge in [-0.2, -0.15) is 0 Å². The van der Waals surface area contributed by atoms with Crippen LogP contribution in [0.25, 0.3) is 6.08 Å². The third-order valence-electron chi connectivity index (χ3n) is 4.06. The molecular weight excluding hydrogens is 328 g/mol. The van der Waals surface area contributed by atoms with E-state index in [0.717, 1.165) is 12.0 Å². The summed E-state index contributed by atoms with van der Waals surface area (Å²) in [4.78, 5) is 22.1. The average molecular weight is 360 g/mol. The third kappa shape index (κ3) is 10.7. The van der Waals surface area contributed by atoms with Crippen molar-refractivity contribution in [2.45, 2.75) is 78.4 Å². The predicted molar refractivity (Wildman–Crippen MR) is 104 cm³/mol. The van der Waals surface area contributed by atoms with Crippen LogP contribution in [0.15, 0.2) is 30.3 Å². The normalized spacial score (nSPS) is 11.1. The van der Waals surface area contributed by atoms with Gasteiger partial charge < -0.3 is 9.47 Å². The minimum Gasteiger partial charge on any atom is -0.421 e. The molecule has 0 bridgehead atoms. The van der Waals surface area contributed by atoms with Crippen molar-refractivity contribution in [1.29, 1.82) is 0 Å². The van der Waals surface area contributed by atoms with Crippen LogP contribution < -0.4 is 0 Å². The van der Waals surface area contributed by atoms with Crippen LogP contribution in [0.3, 0.4) is 0 Å². The number of carbonyl (C=O) groups is 2. The molecule has 26 heavy (non-hydrogen) atoms. The fourth-order valence-electron chi connectivity index (χ4n) is 2.70. The van der Waals surface area contributed by atoms with E-state index in [4.69, 9.17) is 9.47 Å². The first-order chi connectivity index (χ1) is 12.5. The molecule has 0 spiro atoms. The maximum Gasteiger partial charge on any atom is 0.305 e. The molecule has 4 nitrogen and oxygen atoms in total. The molecule has 1 aromatic carbocycles. The zero-order valence-corrected chi connectivity index (χ0v) is 16.3. The van der Waals surface area contributed by atoms with Gasteiger partial charge >= 0.3 is 11.9 Å². The van der Waals surface area contributed by atoms with E-state index in [1.165, 1.54) is 64.4 Å². The van der Waals surface area contributed by atoms with Crippen LogP contribution in [-0.4, -0.2) is 18.2 Å². The molecule has 0 unspecified atom stereocenters. The third-order valence-corrected chi connectivity index (χ3v) is 4.06. The molecule has 0 radical (unpaired) electrons. The van der Waals surface area contributed by atoms with E-state index in [0.29, 0.717) is 0 Å². The molecule has 4 heteroatoms. The molecule has 0 amide bonds. The number of esters is 2. The Labute approximate surface area is 157 Å². The summed E-state index contributed by atoms with van der Waals surface area (Å²) in [7, 11) is 0. The Bertz CT molecular complexity index is 544. The average Bonchev–Trinajstić information content (AvgIpc) is 2.59. The van der Waals surface area contributed by atoms with E-state index in [1.54, 1.807) is 12.2 Å². The minimum atomic E-state index is -0.989. The second-order valence-electron chi connectivity index (χ2n) is 6.56. The zero-order valence-electron chi connectivity index (χ0n) is 16.3. The van der Waals surface area contributed by atoms with Crippen LogP contribution >= 0.6 is 0 Å². The van der Waals surface area contributed by atoms with Crippen molar-refractivity contribution in [2.24, 2.45) is 0 Å². The molecule has 0 aromatic heterocycles. The quantitative estimate of drug-likeness (QED) is 0.283. The van der Waals surface area contributed by atoms with E-state index in [9.17, 15) is 9.59 Å². The van der Waals surface area contributed by atoms with E-state index in [2.05, 4.69) is 19.1 Å². The van der Waals surface area contributed by atoms with Gasteiger partial charge in [-0.25, -0.2) is 0 Å². The van der Waals surface area contributed by atoms with Gasteiger partial charge in [0.1, 0.15) is 0 Å². The van der Waals surface area contributed by atoms with Crippen LogP contribution in [0, 0.1) is 0 Å². The molecule has 0 saturated heterocycles. The molecule has 0 atom stereocenters. The van der Waals surface area contributed by atoms with Gasteiger partial charge in [0.15, 0.2) is 0 Å². The van der Waals surface area contributed by atoms with Crippen LogP contribution in [0.5, 0.6) is 0 Å². The van der Waals surface area contributed by atoms with E-state index >= 15 is 0 Å². The predicted octanol–water partition coefficient (Wildman–Crippen LogP) is 5.45. The number of carbonyl (C=O) groups excluding carboxylic acids is 2. The highest BCUT2D eigenvalue weighted by Gasteiger charge is 2.10. The number of hydrogen-bond donors (Lipinski definition) is 0. The Morgan fingerprint density at radius 2 is 1.42 bits per heavy atom. The first-order valence-corrected chi connectivity index (χ1v) is 9.63. The molecule has 1 aromatic rings. The summed E-state index contributed by atoms with van der Waals surface area (Å²) in [6.07, 6.45) is 12.7. The largest absolute Gasteiger partial charge is 0.421 e. The highest BCUT2D eigenvalue weighted by atomic mass is 16.7. The molecule has 0 saturated carbocycles. The van der Waals surface area contributed by atoms with Crippen molar-refractivity contribution in [3.63, 3.8) is 0 Å². The number of ether oxygens (including phenoxy) is 2. The molecule has 0 N–H and O–H groups in total. The summed E-state index contributed by atoms with van der Waals surface area (Å²) in [5.41, 5.74) is 2.30. The molecule has 0 fully saturated rings. The molecule has 1 rings (SSSR count). The molecule has 0 aliphatic heterocycles. The minimum absolute atomic E-state index is 0.494. The molecular formula is C22H32O4. The number of rotatable bonds is 12. The van der Waals surface area contributed by atoms with Gasteiger partial charge in [0.05, 0.1) is 0 Å².